The van der Waals surface area contributed by atoms with Crippen LogP contribution in [0.15, 0.2) is 0 Å². The van der Waals surface area contributed by atoms with E-state index >= 15 is 0 Å². The number of likely N-dealkylation sites (N-methyl/N-ethyl adjacent to an activating group) is 1. The minimum absolute atomic E-state index is 0.139. The summed E-state index contributed by atoms with van der Waals surface area (Å²) in [4.78, 5) is 11.3. The van der Waals surface area contributed by atoms with Gasteiger partial charge in [0, 0.05) is 25.1 Å². The number of nitrogens with one attached hydrogen (secondary N) is 1. The van der Waals surface area contributed by atoms with E-state index in [1.807, 2.05) is 14.0 Å². The Hall–Kier alpha value is -1.40. The Labute approximate surface area is 121 Å². The van der Waals surface area contributed by atoms with Gasteiger partial charge in [-0.3, -0.25) is 0 Å². The van der Waals surface area contributed by atoms with Crippen molar-refractivity contribution < 1.29 is 4.74 Å². The van der Waals surface area contributed by atoms with Crippen LogP contribution in [0.1, 0.15) is 39.1 Å². The van der Waals surface area contributed by atoms with E-state index < -0.39 is 0 Å². The number of hydrogen-bond donors (Lipinski definition) is 2. The van der Waals surface area contributed by atoms with Gasteiger partial charge in [0.25, 0.3) is 0 Å². The lowest BCUT2D eigenvalue weighted by Crippen LogP contribution is -2.35. The predicted octanol–water partition coefficient (Wildman–Crippen LogP) is 1.84. The fourth-order valence-electron chi connectivity index (χ4n) is 1.89. The molecule has 1 aromatic rings. The molecular formula is C14H27N5O. The zero-order valence-corrected chi connectivity index (χ0v) is 13.6. The summed E-state index contributed by atoms with van der Waals surface area (Å²) in [7, 11) is 3.70. The summed E-state index contributed by atoms with van der Waals surface area (Å²) in [6.07, 6.45) is 0. The van der Waals surface area contributed by atoms with Crippen molar-refractivity contribution in [2.75, 3.05) is 31.1 Å². The SMILES string of the molecule is COCC(C)N(C)c1nc(C(C)(C)C)nc(NN)c1C. The summed E-state index contributed by atoms with van der Waals surface area (Å²) in [5, 5.41) is 0. The average Bonchev–Trinajstić information content (AvgIpc) is 2.37. The summed E-state index contributed by atoms with van der Waals surface area (Å²) in [6, 6.07) is 0.215. The Bertz CT molecular complexity index is 456. The molecule has 0 aliphatic rings. The molecule has 20 heavy (non-hydrogen) atoms. The number of ether oxygens (including phenoxy) is 1. The van der Waals surface area contributed by atoms with Crippen molar-refractivity contribution in [3.63, 3.8) is 0 Å². The van der Waals surface area contributed by atoms with Gasteiger partial charge in [0.15, 0.2) is 0 Å². The molecule has 0 amide bonds. The van der Waals surface area contributed by atoms with Gasteiger partial charge >= 0.3 is 0 Å². The van der Waals surface area contributed by atoms with Gasteiger partial charge in [-0.1, -0.05) is 20.8 Å². The molecule has 1 rings (SSSR count). The van der Waals surface area contributed by atoms with Gasteiger partial charge in [-0.2, -0.15) is 0 Å². The fraction of sp³-hybridized carbons (Fsp3) is 0.714. The molecular weight excluding hydrogens is 254 g/mol. The first kappa shape index (κ1) is 16.7. The van der Waals surface area contributed by atoms with Gasteiger partial charge in [-0.25, -0.2) is 15.8 Å². The van der Waals surface area contributed by atoms with Gasteiger partial charge < -0.3 is 15.1 Å². The fourth-order valence-corrected chi connectivity index (χ4v) is 1.89. The Morgan fingerprint density at radius 3 is 2.40 bits per heavy atom. The van der Waals surface area contributed by atoms with Crippen molar-refractivity contribution in [2.24, 2.45) is 5.84 Å². The number of aromatic nitrogens is 2. The zero-order chi connectivity index (χ0) is 15.5. The van der Waals surface area contributed by atoms with E-state index in [2.05, 4.69) is 43.0 Å². The molecule has 0 saturated carbocycles. The Kier molecular flexibility index (Phi) is 5.30. The molecule has 6 nitrogen and oxygen atoms in total. The van der Waals surface area contributed by atoms with Crippen molar-refractivity contribution in [1.29, 1.82) is 0 Å². The average molecular weight is 281 g/mol. The number of nitrogens with two attached hydrogens (primary N) is 1. The number of nitrogen functional groups attached to an aromatic ring is 1. The van der Waals surface area contributed by atoms with Gasteiger partial charge in [0.1, 0.15) is 17.5 Å². The van der Waals surface area contributed by atoms with Crippen LogP contribution >= 0.6 is 0 Å². The number of methoxy groups -OCH3 is 1. The van der Waals surface area contributed by atoms with Gasteiger partial charge in [-0.05, 0) is 13.8 Å². The topological polar surface area (TPSA) is 76.3 Å². The standard InChI is InChI=1S/C14H27N5O/c1-9(8-20-7)19(6)12-10(2)11(18-15)16-13(17-12)14(3,4)5/h9H,8,15H2,1-7H3,(H,16,17,18). The summed E-state index contributed by atoms with van der Waals surface area (Å²) in [5.74, 6) is 7.89. The van der Waals surface area contributed by atoms with Crippen molar-refractivity contribution >= 4 is 11.6 Å². The summed E-state index contributed by atoms with van der Waals surface area (Å²) in [5.41, 5.74) is 3.46. The molecule has 0 radical (unpaired) electrons. The molecule has 1 unspecified atom stereocenters. The zero-order valence-electron chi connectivity index (χ0n) is 13.6. The third-order valence-electron chi connectivity index (χ3n) is 3.33. The molecule has 0 saturated heterocycles. The highest BCUT2D eigenvalue weighted by atomic mass is 16.5. The van der Waals surface area contributed by atoms with E-state index in [0.717, 1.165) is 17.2 Å². The summed E-state index contributed by atoms with van der Waals surface area (Å²) >= 11 is 0. The van der Waals surface area contributed by atoms with E-state index in [1.165, 1.54) is 0 Å². The van der Waals surface area contributed by atoms with E-state index in [0.29, 0.717) is 12.4 Å². The Balaban J connectivity index is 3.30. The molecule has 114 valence electrons. The largest absolute Gasteiger partial charge is 0.383 e. The molecule has 0 aromatic carbocycles. The first-order valence-corrected chi connectivity index (χ1v) is 6.79. The van der Waals surface area contributed by atoms with Crippen molar-refractivity contribution in [1.82, 2.24) is 9.97 Å². The second kappa shape index (κ2) is 6.37. The molecule has 1 aromatic heterocycles. The molecule has 0 aliphatic carbocycles. The van der Waals surface area contributed by atoms with Crippen LogP contribution in [0.25, 0.3) is 0 Å². The molecule has 0 bridgehead atoms. The molecule has 0 fully saturated rings. The first-order valence-electron chi connectivity index (χ1n) is 6.79. The molecule has 6 heteroatoms. The number of hydrazine groups is 1. The second-order valence-corrected chi connectivity index (χ2v) is 6.15. The first-order chi connectivity index (χ1) is 9.22. The Morgan fingerprint density at radius 1 is 1.35 bits per heavy atom. The number of hydrogen-bond acceptors (Lipinski definition) is 6. The maximum absolute atomic E-state index is 5.58. The van der Waals surface area contributed by atoms with Crippen LogP contribution in [0.5, 0.6) is 0 Å². The molecule has 0 spiro atoms. The third-order valence-corrected chi connectivity index (χ3v) is 3.33. The van der Waals surface area contributed by atoms with E-state index in [9.17, 15) is 0 Å². The van der Waals surface area contributed by atoms with E-state index in [1.54, 1.807) is 7.11 Å². The molecule has 1 atom stereocenters. The maximum atomic E-state index is 5.58. The minimum Gasteiger partial charge on any atom is -0.383 e. The highest BCUT2D eigenvalue weighted by molar-refractivity contribution is 5.58. The second-order valence-electron chi connectivity index (χ2n) is 6.15. The summed E-state index contributed by atoms with van der Waals surface area (Å²) < 4.78 is 5.21. The van der Waals surface area contributed by atoms with Gasteiger partial charge in [-0.15, -0.1) is 0 Å². The highest BCUT2D eigenvalue weighted by Crippen LogP contribution is 2.28. The molecule has 3 N–H and O–H groups in total. The lowest BCUT2D eigenvalue weighted by atomic mass is 9.95. The lowest BCUT2D eigenvalue weighted by Gasteiger charge is -2.29. The maximum Gasteiger partial charge on any atom is 0.148 e. The number of rotatable bonds is 5. The lowest BCUT2D eigenvalue weighted by molar-refractivity contribution is 0.183. The van der Waals surface area contributed by atoms with Crippen LogP contribution in [0.3, 0.4) is 0 Å². The predicted molar refractivity (Wildman–Crippen MR) is 83.0 cm³/mol. The van der Waals surface area contributed by atoms with Gasteiger partial charge in [0.05, 0.1) is 12.6 Å². The smallest absolute Gasteiger partial charge is 0.148 e. The van der Waals surface area contributed by atoms with Crippen LogP contribution in [-0.2, 0) is 10.2 Å². The van der Waals surface area contributed by atoms with Crippen LogP contribution in [0, 0.1) is 6.92 Å². The Morgan fingerprint density at radius 2 is 1.95 bits per heavy atom. The molecule has 1 heterocycles. The van der Waals surface area contributed by atoms with Crippen LogP contribution in [0.2, 0.25) is 0 Å². The molecule has 0 aliphatic heterocycles. The number of anilines is 2. The van der Waals surface area contributed by atoms with Gasteiger partial charge in [0.2, 0.25) is 0 Å². The van der Waals surface area contributed by atoms with Crippen LogP contribution in [-0.4, -0.2) is 36.8 Å². The van der Waals surface area contributed by atoms with E-state index in [4.69, 9.17) is 15.6 Å². The van der Waals surface area contributed by atoms with E-state index in [-0.39, 0.29) is 11.5 Å². The minimum atomic E-state index is -0.139. The highest BCUT2D eigenvalue weighted by Gasteiger charge is 2.23. The normalized spacial score (nSPS) is 13.2. The third kappa shape index (κ3) is 3.58. The van der Waals surface area contributed by atoms with Crippen molar-refractivity contribution in [3.05, 3.63) is 11.4 Å². The van der Waals surface area contributed by atoms with Crippen molar-refractivity contribution in [2.45, 2.75) is 46.1 Å². The van der Waals surface area contributed by atoms with Crippen LogP contribution < -0.4 is 16.2 Å². The quantitative estimate of drug-likeness (QED) is 0.633. The van der Waals surface area contributed by atoms with Crippen LogP contribution in [0.4, 0.5) is 11.6 Å². The van der Waals surface area contributed by atoms with Crippen molar-refractivity contribution in [3.8, 4) is 0 Å². The monoisotopic (exact) mass is 281 g/mol. The summed E-state index contributed by atoms with van der Waals surface area (Å²) in [6.45, 7) is 10.9. The number of nitrogens with zero attached hydrogens (tertiary/aromatic N) is 3.